The first-order valence-corrected chi connectivity index (χ1v) is 4.55. The van der Waals surface area contributed by atoms with Crippen LogP contribution in [0.5, 0.6) is 0 Å². The number of aryl methyl sites for hydroxylation is 1. The number of nitrogens with zero attached hydrogens (tertiary/aromatic N) is 5. The molecule has 17 heavy (non-hydrogen) atoms. The van der Waals surface area contributed by atoms with Gasteiger partial charge in [-0.25, -0.2) is 0 Å². The van der Waals surface area contributed by atoms with Crippen LogP contribution in [0.4, 0.5) is 13.2 Å². The number of halogens is 3. The van der Waals surface area contributed by atoms with E-state index >= 15 is 0 Å². The summed E-state index contributed by atoms with van der Waals surface area (Å²) in [5.41, 5.74) is -1.28. The number of pyridine rings is 1. The van der Waals surface area contributed by atoms with Crippen molar-refractivity contribution in [1.29, 1.82) is 0 Å². The van der Waals surface area contributed by atoms with Crippen LogP contribution in [0.15, 0.2) is 18.3 Å². The molecule has 0 amide bonds. The summed E-state index contributed by atoms with van der Waals surface area (Å²) in [5, 5.41) is 14.2. The van der Waals surface area contributed by atoms with E-state index < -0.39 is 11.7 Å². The smallest absolute Gasteiger partial charge is 0.252 e. The van der Waals surface area contributed by atoms with Gasteiger partial charge in [0, 0.05) is 6.20 Å². The quantitative estimate of drug-likeness (QED) is 0.759. The van der Waals surface area contributed by atoms with Gasteiger partial charge in [0.05, 0.1) is 5.56 Å². The Morgan fingerprint density at radius 2 is 1.71 bits per heavy atom. The van der Waals surface area contributed by atoms with E-state index in [2.05, 4.69) is 25.4 Å². The summed E-state index contributed by atoms with van der Waals surface area (Å²) in [6.45, 7) is 1.53. The first-order chi connectivity index (χ1) is 7.98. The Balaban J connectivity index is 2.56. The Morgan fingerprint density at radius 3 is 2.29 bits per heavy atom. The van der Waals surface area contributed by atoms with E-state index in [1.54, 1.807) is 0 Å². The van der Waals surface area contributed by atoms with Crippen LogP contribution in [-0.2, 0) is 6.18 Å². The second-order valence-electron chi connectivity index (χ2n) is 3.17. The molecule has 0 aliphatic carbocycles. The molecule has 2 aromatic heterocycles. The third-order valence-electron chi connectivity index (χ3n) is 1.90. The summed E-state index contributed by atoms with van der Waals surface area (Å²) in [4.78, 5) is 3.62. The molecule has 0 fully saturated rings. The Hall–Kier alpha value is -2.12. The molecule has 2 rings (SSSR count). The Morgan fingerprint density at radius 1 is 1.06 bits per heavy atom. The maximum Gasteiger partial charge on any atom is 0.418 e. The first-order valence-electron chi connectivity index (χ1n) is 4.55. The largest absolute Gasteiger partial charge is 0.418 e. The maximum absolute atomic E-state index is 12.7. The summed E-state index contributed by atoms with van der Waals surface area (Å²) in [6.07, 6.45) is -3.29. The van der Waals surface area contributed by atoms with Gasteiger partial charge in [0.1, 0.15) is 5.69 Å². The lowest BCUT2D eigenvalue weighted by atomic mass is 10.2. The van der Waals surface area contributed by atoms with Crippen molar-refractivity contribution < 1.29 is 13.2 Å². The van der Waals surface area contributed by atoms with Crippen molar-refractivity contribution in [3.63, 3.8) is 0 Å². The molecule has 0 aromatic carbocycles. The zero-order valence-corrected chi connectivity index (χ0v) is 8.60. The van der Waals surface area contributed by atoms with Crippen LogP contribution >= 0.6 is 0 Å². The van der Waals surface area contributed by atoms with Crippen molar-refractivity contribution in [3.05, 3.63) is 29.7 Å². The van der Waals surface area contributed by atoms with Gasteiger partial charge in [-0.1, -0.05) is 0 Å². The number of alkyl halides is 3. The fraction of sp³-hybridized carbons (Fsp3) is 0.222. The average molecular weight is 241 g/mol. The van der Waals surface area contributed by atoms with E-state index in [1.807, 2.05) is 0 Å². The van der Waals surface area contributed by atoms with Gasteiger partial charge < -0.3 is 0 Å². The molecule has 0 saturated carbocycles. The monoisotopic (exact) mass is 241 g/mol. The lowest BCUT2D eigenvalue weighted by Crippen LogP contribution is -2.10. The van der Waals surface area contributed by atoms with Crippen molar-refractivity contribution in [2.24, 2.45) is 0 Å². The normalized spacial score (nSPS) is 11.5. The molecule has 88 valence electrons. The highest BCUT2D eigenvalue weighted by Gasteiger charge is 2.35. The molecule has 0 aliphatic heterocycles. The van der Waals surface area contributed by atoms with E-state index in [-0.39, 0.29) is 17.3 Å². The van der Waals surface area contributed by atoms with Gasteiger partial charge in [-0.3, -0.25) is 4.98 Å². The Kier molecular flexibility index (Phi) is 2.70. The summed E-state index contributed by atoms with van der Waals surface area (Å²) in [7, 11) is 0. The van der Waals surface area contributed by atoms with Crippen molar-refractivity contribution in [1.82, 2.24) is 25.4 Å². The van der Waals surface area contributed by atoms with Crippen molar-refractivity contribution in [3.8, 4) is 11.5 Å². The van der Waals surface area contributed by atoms with E-state index in [9.17, 15) is 13.2 Å². The Bertz CT molecular complexity index is 523. The van der Waals surface area contributed by atoms with Crippen LogP contribution in [-0.4, -0.2) is 25.4 Å². The van der Waals surface area contributed by atoms with Gasteiger partial charge in [-0.15, -0.1) is 20.4 Å². The van der Waals surface area contributed by atoms with Crippen molar-refractivity contribution in [2.75, 3.05) is 0 Å². The van der Waals surface area contributed by atoms with E-state index in [0.717, 1.165) is 6.07 Å². The molecule has 5 nitrogen and oxygen atoms in total. The van der Waals surface area contributed by atoms with E-state index in [1.165, 1.54) is 19.2 Å². The average Bonchev–Trinajstić information content (AvgIpc) is 2.29. The van der Waals surface area contributed by atoms with Gasteiger partial charge in [-0.2, -0.15) is 13.2 Å². The minimum Gasteiger partial charge on any atom is -0.252 e. The molecule has 0 spiro atoms. The van der Waals surface area contributed by atoms with Crippen molar-refractivity contribution >= 4 is 0 Å². The number of aromatic nitrogens is 5. The zero-order valence-electron chi connectivity index (χ0n) is 8.60. The molecular weight excluding hydrogens is 235 g/mol. The molecule has 8 heteroatoms. The van der Waals surface area contributed by atoms with Gasteiger partial charge in [-0.05, 0) is 19.1 Å². The molecule has 0 aliphatic rings. The number of rotatable bonds is 1. The van der Waals surface area contributed by atoms with Crippen LogP contribution in [0.3, 0.4) is 0 Å². The maximum atomic E-state index is 12.7. The zero-order chi connectivity index (χ0) is 12.5. The molecule has 0 N–H and O–H groups in total. The van der Waals surface area contributed by atoms with Gasteiger partial charge in [0.2, 0.25) is 5.82 Å². The molecule has 0 atom stereocenters. The second-order valence-corrected chi connectivity index (χ2v) is 3.17. The van der Waals surface area contributed by atoms with E-state index in [0.29, 0.717) is 0 Å². The minimum absolute atomic E-state index is 0.247. The van der Waals surface area contributed by atoms with Crippen LogP contribution in [0, 0.1) is 6.92 Å². The summed E-state index contributed by atoms with van der Waals surface area (Å²) in [5.74, 6) is 0.0294. The van der Waals surface area contributed by atoms with E-state index in [4.69, 9.17) is 0 Å². The topological polar surface area (TPSA) is 64.5 Å². The standard InChI is InChI=1S/C9H6F3N5/c1-5-14-16-8(17-15-5)7-6(9(10,11)12)3-2-4-13-7/h2-4H,1H3. The third kappa shape index (κ3) is 2.35. The predicted molar refractivity (Wildman–Crippen MR) is 50.6 cm³/mol. The highest BCUT2D eigenvalue weighted by molar-refractivity contribution is 5.54. The highest BCUT2D eigenvalue weighted by atomic mass is 19.4. The molecule has 0 radical (unpaired) electrons. The van der Waals surface area contributed by atoms with Crippen LogP contribution in [0.2, 0.25) is 0 Å². The fourth-order valence-electron chi connectivity index (χ4n) is 1.19. The number of hydrogen-bond donors (Lipinski definition) is 0. The predicted octanol–water partition coefficient (Wildman–Crippen LogP) is 1.66. The fourth-order valence-corrected chi connectivity index (χ4v) is 1.19. The Labute approximate surface area is 93.8 Å². The molecule has 2 aromatic rings. The minimum atomic E-state index is -4.52. The van der Waals surface area contributed by atoms with Crippen molar-refractivity contribution in [2.45, 2.75) is 13.1 Å². The lowest BCUT2D eigenvalue weighted by Gasteiger charge is -2.09. The van der Waals surface area contributed by atoms with Crippen LogP contribution < -0.4 is 0 Å². The second kappa shape index (κ2) is 4.04. The molecule has 0 bridgehead atoms. The molecule has 0 saturated heterocycles. The van der Waals surface area contributed by atoms with Gasteiger partial charge in [0.15, 0.2) is 5.82 Å². The lowest BCUT2D eigenvalue weighted by molar-refractivity contribution is -0.137. The number of hydrogen-bond acceptors (Lipinski definition) is 5. The molecule has 0 unspecified atom stereocenters. The highest BCUT2D eigenvalue weighted by Crippen LogP contribution is 2.33. The summed E-state index contributed by atoms with van der Waals surface area (Å²) >= 11 is 0. The SMILES string of the molecule is Cc1nnc(-c2ncccc2C(F)(F)F)nn1. The molecular formula is C9H6F3N5. The van der Waals surface area contributed by atoms with Gasteiger partial charge >= 0.3 is 6.18 Å². The summed E-state index contributed by atoms with van der Waals surface area (Å²) in [6, 6.07) is 2.10. The van der Waals surface area contributed by atoms with Gasteiger partial charge in [0.25, 0.3) is 0 Å². The first kappa shape index (κ1) is 11.4. The third-order valence-corrected chi connectivity index (χ3v) is 1.90. The molecule has 2 heterocycles. The van der Waals surface area contributed by atoms with Crippen LogP contribution in [0.25, 0.3) is 11.5 Å². The van der Waals surface area contributed by atoms with Crippen LogP contribution in [0.1, 0.15) is 11.4 Å². The summed E-state index contributed by atoms with van der Waals surface area (Å²) < 4.78 is 38.0.